The van der Waals surface area contributed by atoms with Crippen LogP contribution in [-0.2, 0) is 24.3 Å². The first kappa shape index (κ1) is 23.2. The maximum Gasteiger partial charge on any atom is 0.339 e. The molecule has 160 valence electrons. The molecule has 0 heterocycles. The van der Waals surface area contributed by atoms with Crippen LogP contribution in [0.3, 0.4) is 0 Å². The number of nitrogens with one attached hydrogen (secondary N) is 1. The van der Waals surface area contributed by atoms with E-state index >= 15 is 0 Å². The molecule has 0 spiro atoms. The number of benzene rings is 2. The molecule has 0 atom stereocenters. The van der Waals surface area contributed by atoms with Crippen LogP contribution >= 0.6 is 11.6 Å². The third-order valence-electron chi connectivity index (χ3n) is 3.90. The first-order valence-electron chi connectivity index (χ1n) is 8.40. The molecule has 0 aliphatic rings. The topological polar surface area (TPSA) is 119 Å². The van der Waals surface area contributed by atoms with Crippen molar-refractivity contribution in [2.45, 2.75) is 0 Å². The van der Waals surface area contributed by atoms with Gasteiger partial charge in [0.05, 0.1) is 43.0 Å². The van der Waals surface area contributed by atoms with Gasteiger partial charge < -0.3 is 14.8 Å². The van der Waals surface area contributed by atoms with E-state index in [0.29, 0.717) is 5.02 Å². The molecular weight excluding hydrogens is 436 g/mol. The fourth-order valence-electron chi connectivity index (χ4n) is 2.53. The van der Waals surface area contributed by atoms with Crippen LogP contribution in [0.4, 0.5) is 11.4 Å². The lowest BCUT2D eigenvalue weighted by atomic mass is 10.1. The molecule has 1 N–H and O–H groups in total. The summed E-state index contributed by atoms with van der Waals surface area (Å²) in [7, 11) is -1.49. The molecule has 0 saturated carbocycles. The van der Waals surface area contributed by atoms with Crippen LogP contribution in [0.5, 0.6) is 0 Å². The van der Waals surface area contributed by atoms with E-state index < -0.39 is 34.4 Å². The molecule has 0 unspecified atom stereocenters. The van der Waals surface area contributed by atoms with Gasteiger partial charge in [-0.15, -0.1) is 0 Å². The van der Waals surface area contributed by atoms with Gasteiger partial charge in [0.1, 0.15) is 6.54 Å². The van der Waals surface area contributed by atoms with Gasteiger partial charge in [-0.25, -0.2) is 18.0 Å². The lowest BCUT2D eigenvalue weighted by molar-refractivity contribution is -0.114. The molecule has 0 bridgehead atoms. The van der Waals surface area contributed by atoms with Gasteiger partial charge in [-0.2, -0.15) is 0 Å². The second kappa shape index (κ2) is 9.59. The summed E-state index contributed by atoms with van der Waals surface area (Å²) in [6.07, 6.45) is 0.943. The van der Waals surface area contributed by atoms with E-state index in [-0.39, 0.29) is 22.5 Å². The average Bonchev–Trinajstić information content (AvgIpc) is 2.69. The van der Waals surface area contributed by atoms with E-state index in [1.807, 2.05) is 0 Å². The molecule has 2 aromatic carbocycles. The molecule has 0 aromatic heterocycles. The van der Waals surface area contributed by atoms with E-state index in [2.05, 4.69) is 14.8 Å². The summed E-state index contributed by atoms with van der Waals surface area (Å²) >= 11 is 5.92. The number of amides is 1. The number of halogens is 1. The van der Waals surface area contributed by atoms with Gasteiger partial charge in [0, 0.05) is 5.02 Å². The molecular formula is C19H19ClN2O7S. The number of methoxy groups -OCH3 is 2. The minimum absolute atomic E-state index is 0.0211. The minimum Gasteiger partial charge on any atom is -0.465 e. The lowest BCUT2D eigenvalue weighted by Crippen LogP contribution is -2.37. The second-order valence-corrected chi connectivity index (χ2v) is 8.38. The molecule has 0 aliphatic carbocycles. The van der Waals surface area contributed by atoms with Crippen LogP contribution in [0.2, 0.25) is 5.02 Å². The molecule has 11 heteroatoms. The van der Waals surface area contributed by atoms with Gasteiger partial charge in [0.25, 0.3) is 0 Å². The van der Waals surface area contributed by atoms with Crippen molar-refractivity contribution in [3.05, 3.63) is 58.6 Å². The van der Waals surface area contributed by atoms with Crippen LogP contribution < -0.4 is 9.62 Å². The zero-order valence-electron chi connectivity index (χ0n) is 16.3. The zero-order valence-corrected chi connectivity index (χ0v) is 17.9. The van der Waals surface area contributed by atoms with Crippen molar-refractivity contribution in [3.8, 4) is 0 Å². The molecule has 30 heavy (non-hydrogen) atoms. The zero-order chi connectivity index (χ0) is 22.5. The first-order chi connectivity index (χ1) is 14.1. The van der Waals surface area contributed by atoms with Crippen molar-refractivity contribution in [1.82, 2.24) is 0 Å². The number of esters is 2. The van der Waals surface area contributed by atoms with Gasteiger partial charge in [0.2, 0.25) is 15.9 Å². The average molecular weight is 455 g/mol. The molecule has 2 aromatic rings. The summed E-state index contributed by atoms with van der Waals surface area (Å²) in [5, 5.41) is 2.74. The Morgan fingerprint density at radius 1 is 1.03 bits per heavy atom. The number of rotatable bonds is 7. The highest BCUT2D eigenvalue weighted by molar-refractivity contribution is 7.92. The number of carbonyl (C=O) groups excluding carboxylic acids is 3. The van der Waals surface area contributed by atoms with Crippen molar-refractivity contribution in [2.75, 3.05) is 36.6 Å². The third kappa shape index (κ3) is 5.71. The summed E-state index contributed by atoms with van der Waals surface area (Å²) < 4.78 is 34.6. The van der Waals surface area contributed by atoms with E-state index in [1.165, 1.54) is 37.4 Å². The van der Waals surface area contributed by atoms with E-state index in [0.717, 1.165) is 17.7 Å². The van der Waals surface area contributed by atoms with Gasteiger partial charge in [0.15, 0.2) is 0 Å². The lowest BCUT2D eigenvalue weighted by Gasteiger charge is -2.22. The van der Waals surface area contributed by atoms with Gasteiger partial charge >= 0.3 is 11.9 Å². The monoisotopic (exact) mass is 454 g/mol. The quantitative estimate of drug-likeness (QED) is 0.637. The minimum atomic E-state index is -3.83. The Bertz CT molecular complexity index is 1090. The highest BCUT2D eigenvalue weighted by atomic mass is 35.5. The summed E-state index contributed by atoms with van der Waals surface area (Å²) in [5.41, 5.74) is 0.216. The van der Waals surface area contributed by atoms with E-state index in [1.54, 1.807) is 12.1 Å². The molecule has 0 fully saturated rings. The number of hydrogen-bond acceptors (Lipinski definition) is 7. The van der Waals surface area contributed by atoms with Crippen molar-refractivity contribution in [1.29, 1.82) is 0 Å². The fourth-order valence-corrected chi connectivity index (χ4v) is 3.56. The molecule has 1 amide bonds. The Morgan fingerprint density at radius 2 is 1.70 bits per heavy atom. The van der Waals surface area contributed by atoms with Crippen LogP contribution in [0.15, 0.2) is 42.5 Å². The molecule has 2 rings (SSSR count). The normalized spacial score (nSPS) is 10.8. The summed E-state index contributed by atoms with van der Waals surface area (Å²) in [6.45, 7) is -0.595. The van der Waals surface area contributed by atoms with Gasteiger partial charge in [-0.1, -0.05) is 17.7 Å². The predicted molar refractivity (Wildman–Crippen MR) is 111 cm³/mol. The highest BCUT2D eigenvalue weighted by Gasteiger charge is 2.23. The van der Waals surface area contributed by atoms with E-state index in [9.17, 15) is 22.8 Å². The summed E-state index contributed by atoms with van der Waals surface area (Å²) in [4.78, 5) is 36.4. The number of ether oxygens (including phenoxy) is 2. The Kier molecular flexibility index (Phi) is 7.41. The molecule has 0 aliphatic heterocycles. The van der Waals surface area contributed by atoms with Gasteiger partial charge in [-0.3, -0.25) is 9.10 Å². The Morgan fingerprint density at radius 3 is 2.27 bits per heavy atom. The van der Waals surface area contributed by atoms with Crippen LogP contribution in [0.1, 0.15) is 20.7 Å². The van der Waals surface area contributed by atoms with Crippen molar-refractivity contribution < 1.29 is 32.3 Å². The maximum atomic E-state index is 12.6. The Labute approximate surface area is 178 Å². The van der Waals surface area contributed by atoms with Gasteiger partial charge in [-0.05, 0) is 36.4 Å². The molecule has 0 radical (unpaired) electrons. The summed E-state index contributed by atoms with van der Waals surface area (Å²) in [5.74, 6) is -2.19. The summed E-state index contributed by atoms with van der Waals surface area (Å²) in [6, 6.07) is 9.85. The number of sulfonamides is 1. The predicted octanol–water partition coefficient (Wildman–Crippen LogP) is 2.32. The SMILES string of the molecule is COC(=O)c1ccc(C(=O)OC)c(NC(=O)CN(c2cccc(Cl)c2)S(C)(=O)=O)c1. The fraction of sp³-hybridized carbons (Fsp3) is 0.211. The number of carbonyl (C=O) groups is 3. The largest absolute Gasteiger partial charge is 0.465 e. The number of nitrogens with zero attached hydrogens (tertiary/aromatic N) is 1. The molecule has 0 saturated heterocycles. The Hall–Kier alpha value is -3.11. The van der Waals surface area contributed by atoms with E-state index in [4.69, 9.17) is 11.6 Å². The Balaban J connectivity index is 2.37. The molecule has 9 nitrogen and oxygen atoms in total. The maximum absolute atomic E-state index is 12.6. The smallest absolute Gasteiger partial charge is 0.339 e. The van der Waals surface area contributed by atoms with Crippen LogP contribution in [0, 0.1) is 0 Å². The third-order valence-corrected chi connectivity index (χ3v) is 5.28. The number of hydrogen-bond donors (Lipinski definition) is 1. The second-order valence-electron chi connectivity index (χ2n) is 6.04. The van der Waals surface area contributed by atoms with Crippen LogP contribution in [0.25, 0.3) is 0 Å². The van der Waals surface area contributed by atoms with Crippen molar-refractivity contribution in [2.24, 2.45) is 0 Å². The van der Waals surface area contributed by atoms with Crippen molar-refractivity contribution >= 4 is 50.8 Å². The standard InChI is InChI=1S/C19H19ClN2O7S/c1-28-18(24)12-7-8-15(19(25)29-2)16(9-12)21-17(23)11-22(30(3,26)27)14-6-4-5-13(20)10-14/h4-10H,11H2,1-3H3,(H,21,23). The number of anilines is 2. The highest BCUT2D eigenvalue weighted by Crippen LogP contribution is 2.23. The first-order valence-corrected chi connectivity index (χ1v) is 10.6. The van der Waals surface area contributed by atoms with Crippen molar-refractivity contribution in [3.63, 3.8) is 0 Å². The van der Waals surface area contributed by atoms with Crippen LogP contribution in [-0.4, -0.2) is 53.3 Å².